The van der Waals surface area contributed by atoms with Crippen LogP contribution in [-0.2, 0) is 9.84 Å². The lowest BCUT2D eigenvalue weighted by molar-refractivity contribution is 0.0696. The Morgan fingerprint density at radius 3 is 2.25 bits per heavy atom. The third kappa shape index (κ3) is 2.20. The maximum atomic E-state index is 11.5. The Morgan fingerprint density at radius 1 is 1.38 bits per heavy atom. The van der Waals surface area contributed by atoms with Crippen molar-refractivity contribution in [1.29, 1.82) is 0 Å². The maximum Gasteiger partial charge on any atom is 0.337 e. The lowest BCUT2D eigenvalue weighted by Gasteiger charge is -2.11. The van der Waals surface area contributed by atoms with Gasteiger partial charge in [-0.15, -0.1) is 0 Å². The van der Waals surface area contributed by atoms with E-state index in [1.807, 2.05) is 0 Å². The molecule has 0 aromatic heterocycles. The van der Waals surface area contributed by atoms with Crippen LogP contribution in [0.5, 0.6) is 0 Å². The predicted molar refractivity (Wildman–Crippen MR) is 61.0 cm³/mol. The number of halogens is 1. The van der Waals surface area contributed by atoms with E-state index < -0.39 is 15.8 Å². The number of carboxylic acids is 1. The normalized spacial score (nSPS) is 11.5. The second-order valence-corrected chi connectivity index (χ2v) is 5.92. The molecule has 0 spiro atoms. The molecule has 4 nitrogen and oxygen atoms in total. The van der Waals surface area contributed by atoms with Crippen LogP contribution in [0.4, 0.5) is 0 Å². The zero-order valence-electron chi connectivity index (χ0n) is 9.04. The summed E-state index contributed by atoms with van der Waals surface area (Å²) in [5, 5.41) is 8.85. The quantitative estimate of drug-likeness (QED) is 0.886. The van der Waals surface area contributed by atoms with Crippen LogP contribution in [0.1, 0.15) is 21.5 Å². The van der Waals surface area contributed by atoms with Crippen molar-refractivity contribution in [1.82, 2.24) is 0 Å². The Hall–Kier alpha value is -1.07. The summed E-state index contributed by atoms with van der Waals surface area (Å²) in [5.41, 5.74) is 0.590. The summed E-state index contributed by atoms with van der Waals surface area (Å²) in [4.78, 5) is 11.0. The molecule has 0 saturated heterocycles. The summed E-state index contributed by atoms with van der Waals surface area (Å²) < 4.78 is 23.0. The van der Waals surface area contributed by atoms with Crippen molar-refractivity contribution in [2.75, 3.05) is 6.26 Å². The van der Waals surface area contributed by atoms with Crippen LogP contribution in [0.25, 0.3) is 0 Å². The van der Waals surface area contributed by atoms with Crippen LogP contribution >= 0.6 is 11.6 Å². The van der Waals surface area contributed by atoms with E-state index >= 15 is 0 Å². The van der Waals surface area contributed by atoms with Crippen molar-refractivity contribution in [3.63, 3.8) is 0 Å². The Bertz CT molecular complexity index is 561. The third-order valence-electron chi connectivity index (χ3n) is 2.23. The molecule has 0 fully saturated rings. The van der Waals surface area contributed by atoms with Crippen LogP contribution in [0.15, 0.2) is 11.0 Å². The highest BCUT2D eigenvalue weighted by Crippen LogP contribution is 2.30. The molecular formula is C10H11ClO4S. The van der Waals surface area contributed by atoms with Crippen LogP contribution in [-0.4, -0.2) is 25.7 Å². The summed E-state index contributed by atoms with van der Waals surface area (Å²) in [5.74, 6) is -1.17. The first-order chi connectivity index (χ1) is 7.16. The van der Waals surface area contributed by atoms with Gasteiger partial charge in [0.2, 0.25) is 0 Å². The molecule has 6 heteroatoms. The van der Waals surface area contributed by atoms with Gasteiger partial charge in [-0.2, -0.15) is 0 Å². The summed E-state index contributed by atoms with van der Waals surface area (Å²) in [6.45, 7) is 3.05. The number of hydrogen-bond donors (Lipinski definition) is 1. The number of aromatic carboxylic acids is 1. The molecule has 0 aliphatic heterocycles. The Labute approximate surface area is 98.8 Å². The molecule has 1 N–H and O–H groups in total. The highest BCUT2D eigenvalue weighted by Gasteiger charge is 2.21. The van der Waals surface area contributed by atoms with E-state index in [0.29, 0.717) is 5.56 Å². The fraction of sp³-hybridized carbons (Fsp3) is 0.300. The van der Waals surface area contributed by atoms with Gasteiger partial charge in [0.15, 0.2) is 9.84 Å². The van der Waals surface area contributed by atoms with Crippen LogP contribution in [0.3, 0.4) is 0 Å². The minimum atomic E-state index is -3.41. The van der Waals surface area contributed by atoms with E-state index in [1.54, 1.807) is 6.92 Å². The molecule has 1 rings (SSSR count). The highest BCUT2D eigenvalue weighted by molar-refractivity contribution is 7.90. The molecule has 0 bridgehead atoms. The molecular weight excluding hydrogens is 252 g/mol. The van der Waals surface area contributed by atoms with E-state index in [2.05, 4.69) is 0 Å². The lowest BCUT2D eigenvalue weighted by atomic mass is 10.1. The molecule has 16 heavy (non-hydrogen) atoms. The van der Waals surface area contributed by atoms with Gasteiger partial charge in [0, 0.05) is 6.26 Å². The number of aryl methyl sites for hydroxylation is 1. The lowest BCUT2D eigenvalue weighted by Crippen LogP contribution is -2.08. The first-order valence-electron chi connectivity index (χ1n) is 4.39. The van der Waals surface area contributed by atoms with Crippen LogP contribution < -0.4 is 0 Å². The maximum absolute atomic E-state index is 11.5. The van der Waals surface area contributed by atoms with Gasteiger partial charge in [0.1, 0.15) is 0 Å². The van der Waals surface area contributed by atoms with Gasteiger partial charge in [-0.3, -0.25) is 0 Å². The van der Waals surface area contributed by atoms with Gasteiger partial charge in [0.05, 0.1) is 15.5 Å². The van der Waals surface area contributed by atoms with E-state index in [1.165, 1.54) is 13.0 Å². The standard InChI is InChI=1S/C10H11ClO4S/c1-5-4-7(10(12)13)8(11)6(2)9(5)16(3,14)15/h4H,1-3H3,(H,12,13). The number of hydrogen-bond acceptors (Lipinski definition) is 3. The first kappa shape index (κ1) is 13.0. The van der Waals surface area contributed by atoms with Crippen LogP contribution in [0, 0.1) is 13.8 Å². The van der Waals surface area contributed by atoms with E-state index in [4.69, 9.17) is 16.7 Å². The summed E-state index contributed by atoms with van der Waals surface area (Å²) in [6, 6.07) is 1.27. The molecule has 0 unspecified atom stereocenters. The summed E-state index contributed by atoms with van der Waals surface area (Å²) in [7, 11) is -3.41. The zero-order valence-corrected chi connectivity index (χ0v) is 10.6. The Kier molecular flexibility index (Phi) is 3.30. The molecule has 0 radical (unpaired) electrons. The first-order valence-corrected chi connectivity index (χ1v) is 6.66. The van der Waals surface area contributed by atoms with Crippen molar-refractivity contribution in [2.45, 2.75) is 18.7 Å². The van der Waals surface area contributed by atoms with Crippen molar-refractivity contribution in [3.8, 4) is 0 Å². The number of sulfone groups is 1. The van der Waals surface area contributed by atoms with Crippen molar-refractivity contribution in [3.05, 3.63) is 27.8 Å². The largest absolute Gasteiger partial charge is 0.478 e. The molecule has 0 atom stereocenters. The number of benzene rings is 1. The minimum Gasteiger partial charge on any atom is -0.478 e. The average molecular weight is 263 g/mol. The van der Waals surface area contributed by atoms with Gasteiger partial charge in [-0.1, -0.05) is 11.6 Å². The fourth-order valence-corrected chi connectivity index (χ4v) is 3.26. The Morgan fingerprint density at radius 2 is 1.88 bits per heavy atom. The molecule has 88 valence electrons. The molecule has 0 aliphatic rings. The number of carboxylic acid groups (broad SMARTS) is 1. The predicted octanol–water partition coefficient (Wildman–Crippen LogP) is 2.06. The van der Waals surface area contributed by atoms with Gasteiger partial charge in [0.25, 0.3) is 0 Å². The van der Waals surface area contributed by atoms with E-state index in [9.17, 15) is 13.2 Å². The number of rotatable bonds is 2. The summed E-state index contributed by atoms with van der Waals surface area (Å²) >= 11 is 5.83. The monoisotopic (exact) mass is 262 g/mol. The molecule has 0 heterocycles. The molecule has 1 aromatic carbocycles. The minimum absolute atomic E-state index is 0.0291. The summed E-state index contributed by atoms with van der Waals surface area (Å²) in [6.07, 6.45) is 1.07. The SMILES string of the molecule is Cc1cc(C(=O)O)c(Cl)c(C)c1S(C)(=O)=O. The highest BCUT2D eigenvalue weighted by atomic mass is 35.5. The number of carbonyl (C=O) groups is 1. The van der Waals surface area contributed by atoms with E-state index in [0.717, 1.165) is 6.26 Å². The Balaban J connectivity index is 3.73. The van der Waals surface area contributed by atoms with Gasteiger partial charge in [-0.05, 0) is 31.0 Å². The van der Waals surface area contributed by atoms with Gasteiger partial charge in [-0.25, -0.2) is 13.2 Å². The molecule has 0 aliphatic carbocycles. The van der Waals surface area contributed by atoms with E-state index in [-0.39, 0.29) is 21.0 Å². The van der Waals surface area contributed by atoms with Crippen molar-refractivity contribution in [2.24, 2.45) is 0 Å². The molecule has 1 aromatic rings. The van der Waals surface area contributed by atoms with Crippen molar-refractivity contribution < 1.29 is 18.3 Å². The second kappa shape index (κ2) is 4.07. The van der Waals surface area contributed by atoms with Gasteiger partial charge >= 0.3 is 5.97 Å². The average Bonchev–Trinajstić information content (AvgIpc) is 2.08. The zero-order chi connectivity index (χ0) is 12.7. The van der Waals surface area contributed by atoms with Crippen LogP contribution in [0.2, 0.25) is 5.02 Å². The fourth-order valence-electron chi connectivity index (χ4n) is 1.67. The second-order valence-electron chi connectivity index (χ2n) is 3.59. The molecule has 0 saturated carbocycles. The van der Waals surface area contributed by atoms with Crippen molar-refractivity contribution >= 4 is 27.4 Å². The third-order valence-corrected chi connectivity index (χ3v) is 4.08. The topological polar surface area (TPSA) is 71.4 Å². The molecule has 0 amide bonds. The van der Waals surface area contributed by atoms with Gasteiger partial charge < -0.3 is 5.11 Å². The smallest absolute Gasteiger partial charge is 0.337 e.